The third-order valence-corrected chi connectivity index (χ3v) is 4.31. The zero-order chi connectivity index (χ0) is 15.8. The first-order valence-corrected chi connectivity index (χ1v) is 8.60. The summed E-state index contributed by atoms with van der Waals surface area (Å²) in [5, 5.41) is 0. The molecule has 3 heteroatoms. The van der Waals surface area contributed by atoms with E-state index in [1.807, 2.05) is 24.3 Å². The van der Waals surface area contributed by atoms with Crippen LogP contribution in [-0.4, -0.2) is 25.1 Å². The van der Waals surface area contributed by atoms with E-state index in [1.165, 1.54) is 44.9 Å². The molecule has 3 nitrogen and oxygen atoms in total. The lowest BCUT2D eigenvalue weighted by atomic mass is 10.0. The van der Waals surface area contributed by atoms with E-state index in [0.29, 0.717) is 5.56 Å². The number of ether oxygens (including phenoxy) is 2. The van der Waals surface area contributed by atoms with Crippen molar-refractivity contribution in [1.82, 2.24) is 0 Å². The largest absolute Gasteiger partial charge is 0.497 e. The van der Waals surface area contributed by atoms with Crippen molar-refractivity contribution in [1.29, 1.82) is 0 Å². The molecule has 0 aliphatic carbocycles. The number of ketones is 1. The molecule has 0 saturated carbocycles. The number of benzene rings is 1. The van der Waals surface area contributed by atoms with Gasteiger partial charge in [0.05, 0.1) is 13.2 Å². The fourth-order valence-corrected chi connectivity index (χ4v) is 2.82. The predicted octanol–water partition coefficient (Wildman–Crippen LogP) is 4.79. The van der Waals surface area contributed by atoms with E-state index in [2.05, 4.69) is 6.92 Å². The van der Waals surface area contributed by atoms with Crippen LogP contribution in [0.15, 0.2) is 24.3 Å². The van der Waals surface area contributed by atoms with Gasteiger partial charge in [-0.15, -0.1) is 0 Å². The molecule has 1 aromatic carbocycles. The lowest BCUT2D eigenvalue weighted by Gasteiger charge is -2.01. The van der Waals surface area contributed by atoms with Gasteiger partial charge in [-0.2, -0.15) is 0 Å². The molecular formula is C19H28O3. The number of carbonyl (C=O) groups excluding carboxylic acids is 1. The number of methoxy groups -OCH3 is 1. The molecule has 2 atom stereocenters. The average Bonchev–Trinajstić information content (AvgIpc) is 3.33. The van der Waals surface area contributed by atoms with Crippen LogP contribution in [0.2, 0.25) is 0 Å². The molecule has 1 heterocycles. The summed E-state index contributed by atoms with van der Waals surface area (Å²) in [5.74, 6) is 0.878. The molecule has 0 radical (unpaired) electrons. The highest BCUT2D eigenvalue weighted by molar-refractivity contribution is 6.01. The van der Waals surface area contributed by atoms with Gasteiger partial charge in [-0.05, 0) is 30.7 Å². The lowest BCUT2D eigenvalue weighted by Crippen LogP contribution is -2.10. The van der Waals surface area contributed by atoms with Crippen molar-refractivity contribution in [2.75, 3.05) is 7.11 Å². The number of epoxide rings is 1. The zero-order valence-electron chi connectivity index (χ0n) is 13.8. The van der Waals surface area contributed by atoms with Crippen LogP contribution in [0.1, 0.15) is 68.6 Å². The van der Waals surface area contributed by atoms with Crippen molar-refractivity contribution in [2.24, 2.45) is 0 Å². The fourth-order valence-electron chi connectivity index (χ4n) is 2.82. The second-order valence-electron chi connectivity index (χ2n) is 6.10. The summed E-state index contributed by atoms with van der Waals surface area (Å²) in [6, 6.07) is 7.27. The first-order valence-electron chi connectivity index (χ1n) is 8.60. The van der Waals surface area contributed by atoms with E-state index in [-0.39, 0.29) is 18.0 Å². The number of Topliss-reactive ketones (excluding diaryl/α,β-unsaturated/α-hetero) is 1. The van der Waals surface area contributed by atoms with Gasteiger partial charge in [0, 0.05) is 5.56 Å². The summed E-state index contributed by atoms with van der Waals surface area (Å²) in [6.45, 7) is 2.24. The van der Waals surface area contributed by atoms with Crippen LogP contribution in [0, 0.1) is 0 Å². The lowest BCUT2D eigenvalue weighted by molar-refractivity contribution is 0.0953. The quantitative estimate of drug-likeness (QED) is 0.335. The van der Waals surface area contributed by atoms with Gasteiger partial charge in [0.1, 0.15) is 11.9 Å². The second-order valence-corrected chi connectivity index (χ2v) is 6.10. The highest BCUT2D eigenvalue weighted by Gasteiger charge is 2.44. The van der Waals surface area contributed by atoms with Crippen LogP contribution < -0.4 is 4.74 Å². The first kappa shape index (κ1) is 17.0. The maximum absolute atomic E-state index is 12.3. The molecule has 0 spiro atoms. The van der Waals surface area contributed by atoms with Crippen molar-refractivity contribution < 1.29 is 14.3 Å². The number of unbranched alkanes of at least 4 members (excludes halogenated alkanes) is 6. The Hall–Kier alpha value is -1.35. The Morgan fingerprint density at radius 3 is 2.32 bits per heavy atom. The van der Waals surface area contributed by atoms with Crippen molar-refractivity contribution >= 4 is 5.78 Å². The van der Waals surface area contributed by atoms with Crippen LogP contribution in [-0.2, 0) is 4.74 Å². The van der Waals surface area contributed by atoms with E-state index in [0.717, 1.165) is 12.2 Å². The van der Waals surface area contributed by atoms with Crippen LogP contribution in [0.5, 0.6) is 5.75 Å². The van der Waals surface area contributed by atoms with Crippen molar-refractivity contribution in [3.63, 3.8) is 0 Å². The maximum Gasteiger partial charge on any atom is 0.194 e. The standard InChI is InChI=1S/C19H28O3/c1-3-4-5-6-7-8-9-10-17-19(22-17)18(20)15-11-13-16(21-2)14-12-15/h11-14,17,19H,3-10H2,1-2H3/t17-,19+/m1/s1. The van der Waals surface area contributed by atoms with Gasteiger partial charge in [-0.3, -0.25) is 4.79 Å². The summed E-state index contributed by atoms with van der Waals surface area (Å²) in [6.07, 6.45) is 10.0. The number of rotatable bonds is 11. The van der Waals surface area contributed by atoms with Crippen LogP contribution in [0.25, 0.3) is 0 Å². The summed E-state index contributed by atoms with van der Waals surface area (Å²) in [5.41, 5.74) is 0.716. The Morgan fingerprint density at radius 1 is 1.05 bits per heavy atom. The van der Waals surface area contributed by atoms with Gasteiger partial charge in [-0.1, -0.05) is 51.9 Å². The van der Waals surface area contributed by atoms with Gasteiger partial charge in [0.25, 0.3) is 0 Å². The van der Waals surface area contributed by atoms with E-state index in [4.69, 9.17) is 9.47 Å². The minimum absolute atomic E-state index is 0.107. The smallest absolute Gasteiger partial charge is 0.194 e. The number of carbonyl (C=O) groups is 1. The van der Waals surface area contributed by atoms with Crippen LogP contribution in [0.4, 0.5) is 0 Å². The van der Waals surface area contributed by atoms with Gasteiger partial charge in [0.2, 0.25) is 0 Å². The van der Waals surface area contributed by atoms with Gasteiger partial charge < -0.3 is 9.47 Å². The van der Waals surface area contributed by atoms with Crippen molar-refractivity contribution in [3.8, 4) is 5.75 Å². The van der Waals surface area contributed by atoms with Crippen LogP contribution in [0.3, 0.4) is 0 Å². The van der Waals surface area contributed by atoms with E-state index in [9.17, 15) is 4.79 Å². The number of hydrogen-bond donors (Lipinski definition) is 0. The second kappa shape index (κ2) is 8.94. The summed E-state index contributed by atoms with van der Waals surface area (Å²) >= 11 is 0. The summed E-state index contributed by atoms with van der Waals surface area (Å²) in [7, 11) is 1.62. The predicted molar refractivity (Wildman–Crippen MR) is 88.6 cm³/mol. The van der Waals surface area contributed by atoms with Gasteiger partial charge in [0.15, 0.2) is 5.78 Å². The van der Waals surface area contributed by atoms with Crippen molar-refractivity contribution in [2.45, 2.75) is 70.5 Å². The third-order valence-electron chi connectivity index (χ3n) is 4.31. The van der Waals surface area contributed by atoms with Gasteiger partial charge >= 0.3 is 0 Å². The molecule has 1 aromatic rings. The summed E-state index contributed by atoms with van der Waals surface area (Å²) in [4.78, 5) is 12.3. The molecule has 1 aliphatic heterocycles. The molecule has 0 unspecified atom stereocenters. The highest BCUT2D eigenvalue weighted by Crippen LogP contribution is 2.31. The van der Waals surface area contributed by atoms with E-state index < -0.39 is 0 Å². The maximum atomic E-state index is 12.3. The first-order chi connectivity index (χ1) is 10.8. The molecule has 1 aliphatic rings. The Labute approximate surface area is 134 Å². The minimum atomic E-state index is -0.214. The molecule has 0 amide bonds. The average molecular weight is 304 g/mol. The molecule has 22 heavy (non-hydrogen) atoms. The minimum Gasteiger partial charge on any atom is -0.497 e. The van der Waals surface area contributed by atoms with E-state index >= 15 is 0 Å². The molecule has 122 valence electrons. The molecular weight excluding hydrogens is 276 g/mol. The SMILES string of the molecule is CCCCCCCCC[C@H]1O[C@@H]1C(=O)c1ccc(OC)cc1. The molecule has 0 bridgehead atoms. The third kappa shape index (κ3) is 5.13. The molecule has 1 saturated heterocycles. The molecule has 2 rings (SSSR count). The molecule has 0 N–H and O–H groups in total. The summed E-state index contributed by atoms with van der Waals surface area (Å²) < 4.78 is 10.7. The highest BCUT2D eigenvalue weighted by atomic mass is 16.6. The molecule has 1 fully saturated rings. The number of hydrogen-bond acceptors (Lipinski definition) is 3. The normalized spacial score (nSPS) is 19.9. The monoisotopic (exact) mass is 304 g/mol. The topological polar surface area (TPSA) is 38.8 Å². The Kier molecular flexibility index (Phi) is 6.91. The Morgan fingerprint density at radius 2 is 1.68 bits per heavy atom. The van der Waals surface area contributed by atoms with Gasteiger partial charge in [-0.25, -0.2) is 0 Å². The fraction of sp³-hybridized carbons (Fsp3) is 0.632. The van der Waals surface area contributed by atoms with Crippen molar-refractivity contribution in [3.05, 3.63) is 29.8 Å². The Bertz CT molecular complexity index is 452. The zero-order valence-corrected chi connectivity index (χ0v) is 13.8. The molecule has 0 aromatic heterocycles. The Balaban J connectivity index is 1.61. The van der Waals surface area contributed by atoms with Crippen LogP contribution >= 0.6 is 0 Å². The van der Waals surface area contributed by atoms with E-state index in [1.54, 1.807) is 7.11 Å².